The van der Waals surface area contributed by atoms with Crippen LogP contribution in [0.4, 0.5) is 0 Å². The zero-order valence-electron chi connectivity index (χ0n) is 8.89. The first-order valence-electron chi connectivity index (χ1n) is 5.36. The molecule has 1 aromatic carbocycles. The summed E-state index contributed by atoms with van der Waals surface area (Å²) in [5.74, 6) is 0. The predicted molar refractivity (Wildman–Crippen MR) is 65.1 cm³/mol. The number of aliphatic hydroxyl groups is 1. The van der Waals surface area contributed by atoms with Gasteiger partial charge in [0.25, 0.3) is 0 Å². The third-order valence-corrected chi connectivity index (χ3v) is 3.67. The number of hydrogen-bond donors (Lipinski definition) is 2. The quantitative estimate of drug-likeness (QED) is 0.882. The van der Waals surface area contributed by atoms with Crippen LogP contribution in [0.15, 0.2) is 16.6 Å². The number of likely N-dealkylation sites (N-methyl/N-ethyl adjacent to an activating group) is 1. The molecule has 0 bridgehead atoms. The zero-order chi connectivity index (χ0) is 10.8. The van der Waals surface area contributed by atoms with E-state index in [1.807, 2.05) is 13.1 Å². The summed E-state index contributed by atoms with van der Waals surface area (Å²) < 4.78 is 1.16. The summed E-state index contributed by atoms with van der Waals surface area (Å²) in [6.07, 6.45) is 3.14. The van der Waals surface area contributed by atoms with E-state index in [-0.39, 0.29) is 0 Å². The minimum absolute atomic E-state index is 0.405. The lowest BCUT2D eigenvalue weighted by Crippen LogP contribution is -2.16. The van der Waals surface area contributed by atoms with E-state index in [2.05, 4.69) is 27.3 Å². The first-order valence-corrected chi connectivity index (χ1v) is 6.15. The van der Waals surface area contributed by atoms with Crippen molar-refractivity contribution in [3.8, 4) is 0 Å². The molecule has 3 heteroatoms. The van der Waals surface area contributed by atoms with E-state index in [1.165, 1.54) is 17.5 Å². The van der Waals surface area contributed by atoms with Gasteiger partial charge >= 0.3 is 0 Å². The van der Waals surface area contributed by atoms with Crippen LogP contribution < -0.4 is 5.32 Å². The van der Waals surface area contributed by atoms with Gasteiger partial charge in [-0.3, -0.25) is 0 Å². The molecule has 1 aliphatic rings. The first-order chi connectivity index (χ1) is 7.22. The summed E-state index contributed by atoms with van der Waals surface area (Å²) in [7, 11) is 1.85. The van der Waals surface area contributed by atoms with Crippen molar-refractivity contribution in [2.75, 3.05) is 13.6 Å². The van der Waals surface area contributed by atoms with Gasteiger partial charge in [0, 0.05) is 11.0 Å². The van der Waals surface area contributed by atoms with E-state index in [9.17, 15) is 5.11 Å². The van der Waals surface area contributed by atoms with Gasteiger partial charge in [0.1, 0.15) is 0 Å². The third-order valence-electron chi connectivity index (χ3n) is 2.97. The highest BCUT2D eigenvalue weighted by Gasteiger charge is 2.17. The van der Waals surface area contributed by atoms with Gasteiger partial charge in [0.05, 0.1) is 6.10 Å². The fourth-order valence-corrected chi connectivity index (χ4v) is 2.90. The molecule has 15 heavy (non-hydrogen) atoms. The van der Waals surface area contributed by atoms with Gasteiger partial charge in [-0.1, -0.05) is 22.0 Å². The standard InChI is InChI=1S/C12H16BrNO/c1-14-7-12(15)9-5-8-3-2-4-10(8)11(13)6-9/h5-6,12,14-15H,2-4,7H2,1H3. The average molecular weight is 270 g/mol. The van der Waals surface area contributed by atoms with Crippen molar-refractivity contribution >= 4 is 15.9 Å². The smallest absolute Gasteiger partial charge is 0.0914 e. The minimum Gasteiger partial charge on any atom is -0.387 e. The summed E-state index contributed by atoms with van der Waals surface area (Å²) in [6.45, 7) is 0.602. The highest BCUT2D eigenvalue weighted by atomic mass is 79.9. The number of aryl methyl sites for hydroxylation is 1. The molecule has 1 aromatic rings. The first kappa shape index (κ1) is 11.1. The highest BCUT2D eigenvalue weighted by molar-refractivity contribution is 9.10. The Balaban J connectivity index is 2.30. The molecule has 2 N–H and O–H groups in total. The number of nitrogens with one attached hydrogen (secondary N) is 1. The van der Waals surface area contributed by atoms with Crippen molar-refractivity contribution in [1.29, 1.82) is 0 Å². The Kier molecular flexibility index (Phi) is 3.44. The molecule has 0 amide bonds. The van der Waals surface area contributed by atoms with Crippen molar-refractivity contribution in [3.63, 3.8) is 0 Å². The normalized spacial score (nSPS) is 16.5. The second kappa shape index (κ2) is 4.64. The van der Waals surface area contributed by atoms with Crippen LogP contribution in [0, 0.1) is 0 Å². The molecule has 82 valence electrons. The molecule has 0 aliphatic heterocycles. The van der Waals surface area contributed by atoms with Crippen molar-refractivity contribution in [1.82, 2.24) is 5.32 Å². The largest absolute Gasteiger partial charge is 0.387 e. The molecule has 1 atom stereocenters. The van der Waals surface area contributed by atoms with Crippen LogP contribution in [0.3, 0.4) is 0 Å². The summed E-state index contributed by atoms with van der Waals surface area (Å²) in [5, 5.41) is 12.9. The average Bonchev–Trinajstić information content (AvgIpc) is 2.66. The molecule has 0 fully saturated rings. The topological polar surface area (TPSA) is 32.3 Å². The van der Waals surface area contributed by atoms with Crippen LogP contribution in [-0.2, 0) is 12.8 Å². The molecule has 0 saturated heterocycles. The maximum absolute atomic E-state index is 9.89. The number of halogens is 1. The Morgan fingerprint density at radius 1 is 1.47 bits per heavy atom. The fraction of sp³-hybridized carbons (Fsp3) is 0.500. The lowest BCUT2D eigenvalue weighted by molar-refractivity contribution is 0.177. The molecular formula is C12H16BrNO. The van der Waals surface area contributed by atoms with Gasteiger partial charge in [0.2, 0.25) is 0 Å². The van der Waals surface area contributed by atoms with E-state index in [4.69, 9.17) is 0 Å². The van der Waals surface area contributed by atoms with Crippen LogP contribution in [0.1, 0.15) is 29.2 Å². The van der Waals surface area contributed by atoms with E-state index >= 15 is 0 Å². The second-order valence-electron chi connectivity index (χ2n) is 4.07. The molecule has 1 aliphatic carbocycles. The molecule has 2 rings (SSSR count). The monoisotopic (exact) mass is 269 g/mol. The van der Waals surface area contributed by atoms with Crippen LogP contribution in [-0.4, -0.2) is 18.7 Å². The lowest BCUT2D eigenvalue weighted by Gasteiger charge is -2.13. The number of benzene rings is 1. The fourth-order valence-electron chi connectivity index (χ4n) is 2.18. The molecule has 0 spiro atoms. The van der Waals surface area contributed by atoms with Crippen molar-refractivity contribution in [3.05, 3.63) is 33.3 Å². The van der Waals surface area contributed by atoms with Crippen LogP contribution in [0.25, 0.3) is 0 Å². The molecule has 1 unspecified atom stereocenters. The van der Waals surface area contributed by atoms with E-state index in [1.54, 1.807) is 0 Å². The zero-order valence-corrected chi connectivity index (χ0v) is 10.5. The second-order valence-corrected chi connectivity index (χ2v) is 4.92. The Hall–Kier alpha value is -0.380. The van der Waals surface area contributed by atoms with E-state index in [0.717, 1.165) is 22.9 Å². The van der Waals surface area contributed by atoms with Crippen LogP contribution in [0.2, 0.25) is 0 Å². The summed E-state index contributed by atoms with van der Waals surface area (Å²) in [6, 6.07) is 4.20. The Labute approximate surface area is 98.8 Å². The van der Waals surface area contributed by atoms with Gasteiger partial charge in [-0.2, -0.15) is 0 Å². The van der Waals surface area contributed by atoms with E-state index in [0.29, 0.717) is 6.54 Å². The maximum Gasteiger partial charge on any atom is 0.0914 e. The van der Waals surface area contributed by atoms with Crippen molar-refractivity contribution in [2.24, 2.45) is 0 Å². The molecule has 2 nitrogen and oxygen atoms in total. The maximum atomic E-state index is 9.89. The van der Waals surface area contributed by atoms with Gasteiger partial charge in [-0.05, 0) is 49.1 Å². The summed E-state index contributed by atoms with van der Waals surface area (Å²) >= 11 is 3.59. The predicted octanol–water partition coefficient (Wildman–Crippen LogP) is 2.19. The summed E-state index contributed by atoms with van der Waals surface area (Å²) in [4.78, 5) is 0. The molecule has 0 heterocycles. The number of rotatable bonds is 3. The van der Waals surface area contributed by atoms with Crippen molar-refractivity contribution in [2.45, 2.75) is 25.4 Å². The van der Waals surface area contributed by atoms with Gasteiger partial charge in [-0.25, -0.2) is 0 Å². The summed E-state index contributed by atoms with van der Waals surface area (Å²) in [5.41, 5.74) is 3.84. The Morgan fingerprint density at radius 3 is 3.00 bits per heavy atom. The highest BCUT2D eigenvalue weighted by Crippen LogP contribution is 2.32. The Morgan fingerprint density at radius 2 is 2.27 bits per heavy atom. The van der Waals surface area contributed by atoms with Gasteiger partial charge in [-0.15, -0.1) is 0 Å². The minimum atomic E-state index is -0.405. The SMILES string of the molecule is CNCC(O)c1cc(Br)c2c(c1)CCC2. The molecule has 0 saturated carbocycles. The Bertz CT molecular complexity index is 365. The number of fused-ring (bicyclic) bond motifs is 1. The molecular weight excluding hydrogens is 254 g/mol. The van der Waals surface area contributed by atoms with Gasteiger partial charge in [0.15, 0.2) is 0 Å². The van der Waals surface area contributed by atoms with Gasteiger partial charge < -0.3 is 10.4 Å². The number of aliphatic hydroxyl groups excluding tert-OH is 1. The van der Waals surface area contributed by atoms with Crippen LogP contribution in [0.5, 0.6) is 0 Å². The molecule has 0 aromatic heterocycles. The molecule has 0 radical (unpaired) electrons. The number of hydrogen-bond acceptors (Lipinski definition) is 2. The third kappa shape index (κ3) is 2.25. The van der Waals surface area contributed by atoms with Crippen LogP contribution >= 0.6 is 15.9 Å². The van der Waals surface area contributed by atoms with Crippen molar-refractivity contribution < 1.29 is 5.11 Å². The van der Waals surface area contributed by atoms with E-state index < -0.39 is 6.10 Å². The lowest BCUT2D eigenvalue weighted by atomic mass is 10.0.